The van der Waals surface area contributed by atoms with Crippen LogP contribution >= 0.6 is 35.7 Å². The Morgan fingerprint density at radius 3 is 2.48 bits per heavy atom. The molecule has 1 rings (SSSR count). The number of sulfone groups is 1. The molecule has 23 heavy (non-hydrogen) atoms. The molecule has 0 spiro atoms. The van der Waals surface area contributed by atoms with E-state index in [1.54, 1.807) is 18.7 Å². The van der Waals surface area contributed by atoms with E-state index in [0.29, 0.717) is 5.96 Å². The molecular formula is C15H26IN3O2S2. The Labute approximate surface area is 161 Å². The largest absolute Gasteiger partial charge is 0.357 e. The molecule has 2 N–H and O–H groups in total. The summed E-state index contributed by atoms with van der Waals surface area (Å²) in [6.45, 7) is 5.45. The van der Waals surface area contributed by atoms with Crippen LogP contribution < -0.4 is 10.6 Å². The summed E-state index contributed by atoms with van der Waals surface area (Å²) in [6.07, 6.45) is 0. The first-order valence-electron chi connectivity index (χ1n) is 7.48. The monoisotopic (exact) mass is 471 g/mol. The summed E-state index contributed by atoms with van der Waals surface area (Å²) in [4.78, 5) is 5.53. The van der Waals surface area contributed by atoms with Crippen LogP contribution in [0.25, 0.3) is 0 Å². The Bertz CT molecular complexity index is 551. The number of hydrogen-bond acceptors (Lipinski definition) is 4. The quantitative estimate of drug-likeness (QED) is 0.190. The van der Waals surface area contributed by atoms with E-state index in [1.165, 1.54) is 4.90 Å². The maximum atomic E-state index is 11.4. The summed E-state index contributed by atoms with van der Waals surface area (Å²) >= 11 is 1.77. The maximum absolute atomic E-state index is 11.4. The third-order valence-corrected chi connectivity index (χ3v) is 5.56. The topological polar surface area (TPSA) is 70.6 Å². The number of nitrogens with one attached hydrogen (secondary N) is 2. The van der Waals surface area contributed by atoms with Crippen molar-refractivity contribution in [1.29, 1.82) is 0 Å². The van der Waals surface area contributed by atoms with E-state index in [9.17, 15) is 8.42 Å². The first kappa shape index (κ1) is 22.5. The van der Waals surface area contributed by atoms with Crippen LogP contribution in [0.2, 0.25) is 0 Å². The molecule has 0 bridgehead atoms. The SMILES string of the molecule is CCNC(=NCCS(=O)(=O)CC)NCCSc1ccccc1.I. The van der Waals surface area contributed by atoms with Gasteiger partial charge in [-0.25, -0.2) is 8.42 Å². The van der Waals surface area contributed by atoms with E-state index in [2.05, 4.69) is 27.8 Å². The minimum absolute atomic E-state index is 0. The molecule has 1 aromatic rings. The lowest BCUT2D eigenvalue weighted by Crippen LogP contribution is -2.38. The standard InChI is InChI=1S/C15H25N3O2S2.HI/c1-3-16-15(18-11-13-22(19,20)4-2)17-10-12-21-14-8-6-5-7-9-14;/h5-9H,3-4,10-13H2,1-2H3,(H2,16,17,18);1H. The van der Waals surface area contributed by atoms with Crippen LogP contribution in [0, 0.1) is 0 Å². The van der Waals surface area contributed by atoms with Gasteiger partial charge in [0.05, 0.1) is 12.3 Å². The van der Waals surface area contributed by atoms with Crippen LogP contribution in [0.15, 0.2) is 40.2 Å². The lowest BCUT2D eigenvalue weighted by atomic mass is 10.4. The van der Waals surface area contributed by atoms with Crippen LogP contribution in [0.5, 0.6) is 0 Å². The van der Waals surface area contributed by atoms with Gasteiger partial charge in [-0.2, -0.15) is 0 Å². The fourth-order valence-electron chi connectivity index (χ4n) is 1.64. The number of benzene rings is 1. The Morgan fingerprint density at radius 1 is 1.17 bits per heavy atom. The van der Waals surface area contributed by atoms with Gasteiger partial charge in [0.25, 0.3) is 0 Å². The minimum atomic E-state index is -2.96. The van der Waals surface area contributed by atoms with Gasteiger partial charge >= 0.3 is 0 Å². The molecule has 1 aromatic carbocycles. The summed E-state index contributed by atoms with van der Waals surface area (Å²) in [6, 6.07) is 10.2. The van der Waals surface area contributed by atoms with Crippen molar-refractivity contribution in [2.24, 2.45) is 4.99 Å². The van der Waals surface area contributed by atoms with Crippen LogP contribution in [0.3, 0.4) is 0 Å². The van der Waals surface area contributed by atoms with Gasteiger partial charge in [-0.3, -0.25) is 4.99 Å². The Morgan fingerprint density at radius 2 is 1.87 bits per heavy atom. The Hall–Kier alpha value is -0.480. The number of hydrogen-bond donors (Lipinski definition) is 2. The normalized spacial score (nSPS) is 11.7. The number of thioether (sulfide) groups is 1. The average Bonchev–Trinajstić information content (AvgIpc) is 2.52. The fourth-order valence-corrected chi connectivity index (χ4v) is 3.09. The smallest absolute Gasteiger partial charge is 0.191 e. The van der Waals surface area contributed by atoms with Gasteiger partial charge in [0.15, 0.2) is 15.8 Å². The molecule has 0 unspecified atom stereocenters. The maximum Gasteiger partial charge on any atom is 0.191 e. The molecule has 0 heterocycles. The van der Waals surface area contributed by atoms with Crippen molar-refractivity contribution in [2.45, 2.75) is 18.7 Å². The molecule has 0 amide bonds. The molecule has 8 heteroatoms. The summed E-state index contributed by atoms with van der Waals surface area (Å²) in [5.41, 5.74) is 0. The lowest BCUT2D eigenvalue weighted by molar-refractivity contribution is 0.597. The molecule has 0 aliphatic rings. The van der Waals surface area contributed by atoms with Crippen LogP contribution in [0.1, 0.15) is 13.8 Å². The predicted molar refractivity (Wildman–Crippen MR) is 111 cm³/mol. The number of aliphatic imine (C=N–C) groups is 1. The Kier molecular flexibility index (Phi) is 12.6. The first-order chi connectivity index (χ1) is 10.6. The molecule has 0 saturated carbocycles. The summed E-state index contributed by atoms with van der Waals surface area (Å²) in [5, 5.41) is 6.34. The van der Waals surface area contributed by atoms with Crippen molar-refractivity contribution in [3.05, 3.63) is 30.3 Å². The summed E-state index contributed by atoms with van der Waals surface area (Å²) < 4.78 is 22.9. The van der Waals surface area contributed by atoms with Gasteiger partial charge < -0.3 is 10.6 Å². The van der Waals surface area contributed by atoms with Crippen LogP contribution in [-0.4, -0.2) is 51.3 Å². The van der Waals surface area contributed by atoms with Crippen molar-refractivity contribution in [1.82, 2.24) is 10.6 Å². The van der Waals surface area contributed by atoms with Crippen molar-refractivity contribution in [3.63, 3.8) is 0 Å². The molecule has 0 fully saturated rings. The van der Waals surface area contributed by atoms with Crippen molar-refractivity contribution < 1.29 is 8.42 Å². The molecule has 0 radical (unpaired) electrons. The molecule has 5 nitrogen and oxygen atoms in total. The number of guanidine groups is 1. The number of nitrogens with zero attached hydrogens (tertiary/aromatic N) is 1. The molecule has 0 aliphatic carbocycles. The van der Waals surface area contributed by atoms with Gasteiger partial charge in [0.2, 0.25) is 0 Å². The highest BCUT2D eigenvalue weighted by molar-refractivity contribution is 14.0. The third-order valence-electron chi connectivity index (χ3n) is 2.86. The fraction of sp³-hybridized carbons (Fsp3) is 0.533. The zero-order chi connectivity index (χ0) is 16.3. The van der Waals surface area contributed by atoms with E-state index < -0.39 is 9.84 Å². The molecule has 0 saturated heterocycles. The molecule has 0 aliphatic heterocycles. The zero-order valence-electron chi connectivity index (χ0n) is 13.6. The highest BCUT2D eigenvalue weighted by Crippen LogP contribution is 2.15. The van der Waals surface area contributed by atoms with Gasteiger partial charge in [-0.1, -0.05) is 25.1 Å². The van der Waals surface area contributed by atoms with Gasteiger partial charge in [0, 0.05) is 29.5 Å². The van der Waals surface area contributed by atoms with Crippen molar-refractivity contribution in [3.8, 4) is 0 Å². The van der Waals surface area contributed by atoms with E-state index in [0.717, 1.165) is 18.8 Å². The summed E-state index contributed by atoms with van der Waals surface area (Å²) in [7, 11) is -2.96. The molecule has 132 valence electrons. The second-order valence-corrected chi connectivity index (χ2v) is 8.23. The van der Waals surface area contributed by atoms with E-state index in [1.807, 2.05) is 25.1 Å². The van der Waals surface area contributed by atoms with Crippen LogP contribution in [0.4, 0.5) is 0 Å². The van der Waals surface area contributed by atoms with E-state index in [4.69, 9.17) is 0 Å². The second-order valence-electron chi connectivity index (χ2n) is 4.59. The molecule has 0 atom stereocenters. The minimum Gasteiger partial charge on any atom is -0.357 e. The van der Waals surface area contributed by atoms with Crippen LogP contribution in [-0.2, 0) is 9.84 Å². The summed E-state index contributed by atoms with van der Waals surface area (Å²) in [5.74, 6) is 1.85. The lowest BCUT2D eigenvalue weighted by Gasteiger charge is -2.11. The van der Waals surface area contributed by atoms with Crippen molar-refractivity contribution in [2.75, 3.05) is 36.9 Å². The second kappa shape index (κ2) is 12.9. The van der Waals surface area contributed by atoms with E-state index >= 15 is 0 Å². The highest BCUT2D eigenvalue weighted by atomic mass is 127. The third kappa shape index (κ3) is 10.8. The predicted octanol–water partition coefficient (Wildman–Crippen LogP) is 2.39. The first-order valence-corrected chi connectivity index (χ1v) is 10.3. The van der Waals surface area contributed by atoms with Crippen molar-refractivity contribution >= 4 is 51.5 Å². The number of halogens is 1. The molecular weight excluding hydrogens is 445 g/mol. The average molecular weight is 471 g/mol. The zero-order valence-corrected chi connectivity index (χ0v) is 17.6. The Balaban J connectivity index is 0.00000484. The van der Waals surface area contributed by atoms with Gasteiger partial charge in [0.1, 0.15) is 0 Å². The molecule has 0 aromatic heterocycles. The highest BCUT2D eigenvalue weighted by Gasteiger charge is 2.06. The van der Waals surface area contributed by atoms with E-state index in [-0.39, 0.29) is 42.0 Å². The number of rotatable bonds is 9. The van der Waals surface area contributed by atoms with Gasteiger partial charge in [-0.05, 0) is 19.1 Å². The van der Waals surface area contributed by atoms with Gasteiger partial charge in [-0.15, -0.1) is 35.7 Å².